The Bertz CT molecular complexity index is 429. The van der Waals surface area contributed by atoms with Gasteiger partial charge in [0.05, 0.1) is 0 Å². The molecule has 1 rings (SSSR count). The molecule has 5 heteroatoms. The van der Waals surface area contributed by atoms with Crippen molar-refractivity contribution in [2.24, 2.45) is 0 Å². The number of nitrogens with one attached hydrogen (secondary N) is 3. The van der Waals surface area contributed by atoms with Gasteiger partial charge in [0, 0.05) is 38.7 Å². The number of benzene rings is 1. The van der Waals surface area contributed by atoms with Crippen molar-refractivity contribution in [2.45, 2.75) is 33.2 Å². The molecule has 1 aromatic rings. The third-order valence-electron chi connectivity index (χ3n) is 2.70. The van der Waals surface area contributed by atoms with Crippen LogP contribution in [0.5, 0.6) is 0 Å². The first-order chi connectivity index (χ1) is 9.61. The first-order valence-electron chi connectivity index (χ1n) is 6.95. The average Bonchev–Trinajstić information content (AvgIpc) is 2.42. The molecule has 0 aliphatic rings. The van der Waals surface area contributed by atoms with Crippen LogP contribution in [0.4, 0.5) is 5.69 Å². The number of hydrogen-bond acceptors (Lipinski definition) is 3. The molecule has 5 nitrogen and oxygen atoms in total. The van der Waals surface area contributed by atoms with Crippen LogP contribution in [-0.2, 0) is 16.1 Å². The topological polar surface area (TPSA) is 70.2 Å². The minimum absolute atomic E-state index is 0.0750. The van der Waals surface area contributed by atoms with E-state index in [1.165, 1.54) is 6.92 Å². The van der Waals surface area contributed by atoms with Gasteiger partial charge in [0.2, 0.25) is 11.8 Å². The van der Waals surface area contributed by atoms with E-state index in [2.05, 4.69) is 16.0 Å². The standard InChI is InChI=1S/C15H23N3O2/c1-3-9-17-15(20)8-10-16-11-13-4-6-14(7-5-13)18-12(2)19/h4-7,16H,3,8-11H2,1-2H3,(H,17,20)(H,18,19). The summed E-state index contributed by atoms with van der Waals surface area (Å²) in [5, 5.41) is 8.78. The van der Waals surface area contributed by atoms with Gasteiger partial charge < -0.3 is 16.0 Å². The van der Waals surface area contributed by atoms with Gasteiger partial charge in [0.1, 0.15) is 0 Å². The molecule has 3 N–H and O–H groups in total. The zero-order chi connectivity index (χ0) is 14.8. The molecule has 0 heterocycles. The number of carbonyl (C=O) groups excluding carboxylic acids is 2. The average molecular weight is 277 g/mol. The van der Waals surface area contributed by atoms with Gasteiger partial charge in [-0.05, 0) is 24.1 Å². The predicted molar refractivity (Wildman–Crippen MR) is 80.4 cm³/mol. The normalized spacial score (nSPS) is 10.1. The largest absolute Gasteiger partial charge is 0.356 e. The summed E-state index contributed by atoms with van der Waals surface area (Å²) < 4.78 is 0. The van der Waals surface area contributed by atoms with Crippen LogP contribution in [0.15, 0.2) is 24.3 Å². The first kappa shape index (κ1) is 16.2. The highest BCUT2D eigenvalue weighted by Crippen LogP contribution is 2.09. The molecule has 0 fully saturated rings. The van der Waals surface area contributed by atoms with Gasteiger partial charge in [-0.2, -0.15) is 0 Å². The van der Waals surface area contributed by atoms with E-state index in [0.29, 0.717) is 19.5 Å². The molecular weight excluding hydrogens is 254 g/mol. The number of amides is 2. The Balaban J connectivity index is 2.22. The zero-order valence-electron chi connectivity index (χ0n) is 12.2. The molecule has 0 aliphatic heterocycles. The van der Waals surface area contributed by atoms with Crippen LogP contribution in [-0.4, -0.2) is 24.9 Å². The molecule has 0 saturated heterocycles. The number of carbonyl (C=O) groups is 2. The van der Waals surface area contributed by atoms with E-state index in [0.717, 1.165) is 24.2 Å². The van der Waals surface area contributed by atoms with Crippen molar-refractivity contribution in [1.82, 2.24) is 10.6 Å². The lowest BCUT2D eigenvalue weighted by molar-refractivity contribution is -0.121. The Morgan fingerprint density at radius 1 is 1.10 bits per heavy atom. The van der Waals surface area contributed by atoms with Gasteiger partial charge >= 0.3 is 0 Å². The summed E-state index contributed by atoms with van der Waals surface area (Å²) in [4.78, 5) is 22.3. The monoisotopic (exact) mass is 277 g/mol. The summed E-state index contributed by atoms with van der Waals surface area (Å²) in [7, 11) is 0. The first-order valence-corrected chi connectivity index (χ1v) is 6.95. The molecule has 20 heavy (non-hydrogen) atoms. The fourth-order valence-electron chi connectivity index (χ4n) is 1.70. The van der Waals surface area contributed by atoms with Crippen LogP contribution in [0.2, 0.25) is 0 Å². The minimum Gasteiger partial charge on any atom is -0.356 e. The van der Waals surface area contributed by atoms with Crippen molar-refractivity contribution in [2.75, 3.05) is 18.4 Å². The maximum Gasteiger partial charge on any atom is 0.221 e. The lowest BCUT2D eigenvalue weighted by Crippen LogP contribution is -2.28. The lowest BCUT2D eigenvalue weighted by atomic mass is 10.2. The van der Waals surface area contributed by atoms with E-state index < -0.39 is 0 Å². The molecule has 110 valence electrons. The van der Waals surface area contributed by atoms with Crippen molar-refractivity contribution in [3.8, 4) is 0 Å². The van der Waals surface area contributed by atoms with Crippen molar-refractivity contribution in [3.05, 3.63) is 29.8 Å². The van der Waals surface area contributed by atoms with Gasteiger partial charge in [-0.1, -0.05) is 19.1 Å². The van der Waals surface area contributed by atoms with Crippen LogP contribution in [0.3, 0.4) is 0 Å². The Labute approximate surface area is 120 Å². The number of hydrogen-bond donors (Lipinski definition) is 3. The summed E-state index contributed by atoms with van der Waals surface area (Å²) in [6.07, 6.45) is 1.45. The van der Waals surface area contributed by atoms with Crippen molar-refractivity contribution in [1.29, 1.82) is 0 Å². The van der Waals surface area contributed by atoms with Crippen LogP contribution in [0.25, 0.3) is 0 Å². The summed E-state index contributed by atoms with van der Waals surface area (Å²) in [6, 6.07) is 7.64. The quantitative estimate of drug-likeness (QED) is 0.633. The molecule has 0 atom stereocenters. The van der Waals surface area contributed by atoms with E-state index in [4.69, 9.17) is 0 Å². The molecule has 0 aromatic heterocycles. The molecule has 0 unspecified atom stereocenters. The van der Waals surface area contributed by atoms with Crippen LogP contribution >= 0.6 is 0 Å². The van der Waals surface area contributed by atoms with Crippen molar-refractivity contribution < 1.29 is 9.59 Å². The van der Waals surface area contributed by atoms with E-state index in [-0.39, 0.29) is 11.8 Å². The van der Waals surface area contributed by atoms with Gasteiger partial charge in [-0.3, -0.25) is 9.59 Å². The smallest absolute Gasteiger partial charge is 0.221 e. The summed E-state index contributed by atoms with van der Waals surface area (Å²) in [5.74, 6) is 0.00863. The van der Waals surface area contributed by atoms with E-state index in [1.54, 1.807) is 0 Å². The highest BCUT2D eigenvalue weighted by molar-refractivity contribution is 5.88. The van der Waals surface area contributed by atoms with Gasteiger partial charge in [0.25, 0.3) is 0 Å². The van der Waals surface area contributed by atoms with Crippen LogP contribution < -0.4 is 16.0 Å². The molecule has 0 bridgehead atoms. The third kappa shape index (κ3) is 6.89. The Kier molecular flexibility index (Phi) is 7.35. The fraction of sp³-hybridized carbons (Fsp3) is 0.467. The summed E-state index contributed by atoms with van der Waals surface area (Å²) >= 11 is 0. The Morgan fingerprint density at radius 3 is 2.40 bits per heavy atom. The molecule has 0 saturated carbocycles. The van der Waals surface area contributed by atoms with E-state index in [9.17, 15) is 9.59 Å². The molecule has 0 aliphatic carbocycles. The molecule has 0 radical (unpaired) electrons. The number of anilines is 1. The SMILES string of the molecule is CCCNC(=O)CCNCc1ccc(NC(C)=O)cc1. The summed E-state index contributed by atoms with van der Waals surface area (Å²) in [6.45, 7) is 5.62. The molecule has 1 aromatic carbocycles. The van der Waals surface area contributed by atoms with Gasteiger partial charge in [0.15, 0.2) is 0 Å². The van der Waals surface area contributed by atoms with E-state index >= 15 is 0 Å². The lowest BCUT2D eigenvalue weighted by Gasteiger charge is -2.07. The van der Waals surface area contributed by atoms with Crippen LogP contribution in [0, 0.1) is 0 Å². The Hall–Kier alpha value is -1.88. The van der Waals surface area contributed by atoms with Crippen molar-refractivity contribution >= 4 is 17.5 Å². The number of rotatable bonds is 8. The van der Waals surface area contributed by atoms with Crippen molar-refractivity contribution in [3.63, 3.8) is 0 Å². The highest BCUT2D eigenvalue weighted by atomic mass is 16.2. The fourth-order valence-corrected chi connectivity index (χ4v) is 1.70. The third-order valence-corrected chi connectivity index (χ3v) is 2.70. The van der Waals surface area contributed by atoms with Gasteiger partial charge in [-0.25, -0.2) is 0 Å². The van der Waals surface area contributed by atoms with Crippen LogP contribution in [0.1, 0.15) is 32.3 Å². The maximum atomic E-state index is 11.4. The highest BCUT2D eigenvalue weighted by Gasteiger charge is 2.00. The zero-order valence-corrected chi connectivity index (χ0v) is 12.2. The second-order valence-corrected chi connectivity index (χ2v) is 4.65. The molecule has 0 spiro atoms. The molecular formula is C15H23N3O2. The van der Waals surface area contributed by atoms with E-state index in [1.807, 2.05) is 31.2 Å². The maximum absolute atomic E-state index is 11.4. The predicted octanol–water partition coefficient (Wildman–Crippen LogP) is 1.65. The second-order valence-electron chi connectivity index (χ2n) is 4.65. The second kappa shape index (κ2) is 9.09. The Morgan fingerprint density at radius 2 is 1.80 bits per heavy atom. The minimum atomic E-state index is -0.0750. The molecule has 2 amide bonds. The summed E-state index contributed by atoms with van der Waals surface area (Å²) in [5.41, 5.74) is 1.91. The van der Waals surface area contributed by atoms with Gasteiger partial charge in [-0.15, -0.1) is 0 Å².